The molecule has 1 aromatic rings. The molecule has 0 aliphatic carbocycles. The van der Waals surface area contributed by atoms with Crippen molar-refractivity contribution in [3.8, 4) is 0 Å². The van der Waals surface area contributed by atoms with Gasteiger partial charge in [0.25, 0.3) is 0 Å². The first-order valence-corrected chi connectivity index (χ1v) is 7.90. The molecule has 4 heteroatoms. The summed E-state index contributed by atoms with van der Waals surface area (Å²) in [5.41, 5.74) is 2.06. The monoisotopic (exact) mass is 266 g/mol. The van der Waals surface area contributed by atoms with Crippen molar-refractivity contribution in [1.29, 1.82) is 0 Å². The van der Waals surface area contributed by atoms with Crippen LogP contribution in [-0.2, 0) is 13.6 Å². The first-order chi connectivity index (χ1) is 8.62. The van der Waals surface area contributed by atoms with E-state index >= 15 is 0 Å². The highest BCUT2D eigenvalue weighted by Crippen LogP contribution is 2.54. The topological polar surface area (TPSA) is 35.5 Å². The van der Waals surface area contributed by atoms with Crippen LogP contribution in [0.25, 0.3) is 5.57 Å². The summed E-state index contributed by atoms with van der Waals surface area (Å²) in [4.78, 5) is 0. The van der Waals surface area contributed by atoms with Gasteiger partial charge in [-0.3, -0.25) is 4.52 Å². The molecular weight excluding hydrogens is 247 g/mol. The Kier molecular flexibility index (Phi) is 3.94. The molecule has 18 heavy (non-hydrogen) atoms. The summed E-state index contributed by atoms with van der Waals surface area (Å²) in [6, 6.07) is 7.63. The normalized spacial score (nSPS) is 22.6. The lowest BCUT2D eigenvalue weighted by Crippen LogP contribution is -2.19. The highest BCUT2D eigenvalue weighted by molar-refractivity contribution is 7.62. The summed E-state index contributed by atoms with van der Waals surface area (Å²) >= 11 is 0. The Morgan fingerprint density at radius 1 is 1.28 bits per heavy atom. The van der Waals surface area contributed by atoms with Crippen molar-refractivity contribution in [2.45, 2.75) is 33.6 Å². The molecule has 1 aromatic carbocycles. The molecule has 0 N–H and O–H groups in total. The molecule has 1 aliphatic rings. The molecule has 0 fully saturated rings. The van der Waals surface area contributed by atoms with E-state index in [1.165, 1.54) is 0 Å². The van der Waals surface area contributed by atoms with E-state index < -0.39 is 7.60 Å². The molecule has 0 amide bonds. The second kappa shape index (κ2) is 5.29. The van der Waals surface area contributed by atoms with Crippen LogP contribution in [0.3, 0.4) is 0 Å². The minimum Gasteiger partial charge on any atom is -0.425 e. The van der Waals surface area contributed by atoms with Gasteiger partial charge in [0.05, 0.1) is 11.9 Å². The lowest BCUT2D eigenvalue weighted by molar-refractivity contribution is 0.254. The Bertz CT molecular complexity index is 520. The maximum absolute atomic E-state index is 12.8. The van der Waals surface area contributed by atoms with Crippen LogP contribution in [0.4, 0.5) is 0 Å². The average molecular weight is 266 g/mol. The molecule has 1 aliphatic heterocycles. The predicted molar refractivity (Wildman–Crippen MR) is 73.9 cm³/mol. The van der Waals surface area contributed by atoms with Gasteiger partial charge in [-0.25, -0.2) is 4.57 Å². The van der Waals surface area contributed by atoms with Crippen LogP contribution in [0.5, 0.6) is 0 Å². The number of benzene rings is 1. The van der Waals surface area contributed by atoms with E-state index in [-0.39, 0.29) is 0 Å². The van der Waals surface area contributed by atoms with Crippen LogP contribution < -0.4 is 5.30 Å². The molecule has 3 nitrogen and oxygen atoms in total. The summed E-state index contributed by atoms with van der Waals surface area (Å²) in [6.07, 6.45) is 1.75. The predicted octanol–water partition coefficient (Wildman–Crippen LogP) is 4.10. The number of allylic oxidation sites excluding steroid dienone is 2. The fourth-order valence-corrected chi connectivity index (χ4v) is 4.12. The van der Waals surface area contributed by atoms with Crippen LogP contribution >= 0.6 is 7.60 Å². The van der Waals surface area contributed by atoms with E-state index in [1.807, 2.05) is 38.1 Å². The summed E-state index contributed by atoms with van der Waals surface area (Å²) in [6.45, 7) is 6.30. The van der Waals surface area contributed by atoms with Crippen molar-refractivity contribution in [3.05, 3.63) is 35.6 Å². The average Bonchev–Trinajstić information content (AvgIpc) is 2.37. The van der Waals surface area contributed by atoms with Crippen molar-refractivity contribution in [1.82, 2.24) is 0 Å². The van der Waals surface area contributed by atoms with Gasteiger partial charge in [-0.2, -0.15) is 0 Å². The third-order valence-electron chi connectivity index (χ3n) is 3.03. The fourth-order valence-electron chi connectivity index (χ4n) is 2.17. The van der Waals surface area contributed by atoms with Gasteiger partial charge in [-0.15, -0.1) is 0 Å². The molecule has 0 saturated heterocycles. The number of rotatable bonds is 4. The Hall–Kier alpha value is -1.05. The van der Waals surface area contributed by atoms with Gasteiger partial charge < -0.3 is 4.52 Å². The van der Waals surface area contributed by atoms with Crippen LogP contribution in [0.2, 0.25) is 0 Å². The first-order valence-electron chi connectivity index (χ1n) is 6.36. The van der Waals surface area contributed by atoms with E-state index in [1.54, 1.807) is 0 Å². The number of hydrogen-bond donors (Lipinski definition) is 0. The molecule has 2 rings (SSSR count). The van der Waals surface area contributed by atoms with Crippen molar-refractivity contribution >= 4 is 18.5 Å². The van der Waals surface area contributed by atoms with Crippen LogP contribution in [-0.4, -0.2) is 6.61 Å². The standard InChI is InChI=1S/C14H19O3P/c1-4-8-13-11(3)12-9-6-7-10-14(12)18(15,17-13)16-5-2/h6-7,9-10H,4-5,8H2,1-3H3. The molecule has 0 saturated carbocycles. The number of hydrogen-bond acceptors (Lipinski definition) is 3. The summed E-state index contributed by atoms with van der Waals surface area (Å²) in [5, 5.41) is 0.684. The van der Waals surface area contributed by atoms with Gasteiger partial charge in [0, 0.05) is 6.42 Å². The summed E-state index contributed by atoms with van der Waals surface area (Å²) < 4.78 is 23.9. The second-order valence-electron chi connectivity index (χ2n) is 4.32. The molecule has 98 valence electrons. The van der Waals surface area contributed by atoms with Crippen molar-refractivity contribution in [3.63, 3.8) is 0 Å². The molecule has 1 unspecified atom stereocenters. The van der Waals surface area contributed by atoms with Crippen LogP contribution in [0.1, 0.15) is 39.2 Å². The quantitative estimate of drug-likeness (QED) is 0.769. The maximum Gasteiger partial charge on any atom is 0.411 e. The summed E-state index contributed by atoms with van der Waals surface area (Å²) in [5.74, 6) is 0.799. The van der Waals surface area contributed by atoms with Gasteiger partial charge in [-0.1, -0.05) is 25.1 Å². The Balaban J connectivity index is 2.56. The lowest BCUT2D eigenvalue weighted by Gasteiger charge is -2.28. The minimum atomic E-state index is -3.18. The van der Waals surface area contributed by atoms with Crippen molar-refractivity contribution < 1.29 is 13.6 Å². The van der Waals surface area contributed by atoms with Gasteiger partial charge in [0.1, 0.15) is 5.76 Å². The summed E-state index contributed by atoms with van der Waals surface area (Å²) in [7, 11) is -3.18. The molecule has 0 radical (unpaired) electrons. The van der Waals surface area contributed by atoms with E-state index in [0.29, 0.717) is 11.9 Å². The Labute approximate surface area is 108 Å². The minimum absolute atomic E-state index is 0.379. The SMILES string of the molecule is CCCC1=C(C)c2ccccc2P(=O)(OCC)O1. The van der Waals surface area contributed by atoms with Gasteiger partial charge in [0.2, 0.25) is 0 Å². The third kappa shape index (κ3) is 2.25. The second-order valence-corrected chi connectivity index (χ2v) is 6.24. The van der Waals surface area contributed by atoms with E-state index in [4.69, 9.17) is 9.05 Å². The van der Waals surface area contributed by atoms with Gasteiger partial charge in [0.15, 0.2) is 0 Å². The van der Waals surface area contributed by atoms with Crippen LogP contribution in [0, 0.1) is 0 Å². The lowest BCUT2D eigenvalue weighted by atomic mass is 10.0. The van der Waals surface area contributed by atoms with E-state index in [0.717, 1.165) is 29.7 Å². The highest BCUT2D eigenvalue weighted by atomic mass is 31.2. The van der Waals surface area contributed by atoms with E-state index in [9.17, 15) is 4.57 Å². The first kappa shape index (κ1) is 13.4. The third-order valence-corrected chi connectivity index (χ3v) is 5.07. The fraction of sp³-hybridized carbons (Fsp3) is 0.429. The molecule has 0 bridgehead atoms. The van der Waals surface area contributed by atoms with Crippen molar-refractivity contribution in [2.75, 3.05) is 6.61 Å². The zero-order valence-electron chi connectivity index (χ0n) is 11.1. The molecule has 1 atom stereocenters. The van der Waals surface area contributed by atoms with Gasteiger partial charge >= 0.3 is 7.60 Å². The Morgan fingerprint density at radius 3 is 2.67 bits per heavy atom. The zero-order valence-corrected chi connectivity index (χ0v) is 12.0. The largest absolute Gasteiger partial charge is 0.425 e. The zero-order chi connectivity index (χ0) is 13.2. The molecule has 1 heterocycles. The van der Waals surface area contributed by atoms with E-state index in [2.05, 4.69) is 6.92 Å². The van der Waals surface area contributed by atoms with Gasteiger partial charge in [-0.05, 0) is 37.5 Å². The highest BCUT2D eigenvalue weighted by Gasteiger charge is 2.36. The Morgan fingerprint density at radius 2 is 2.00 bits per heavy atom. The molecular formula is C14H19O3P. The maximum atomic E-state index is 12.8. The van der Waals surface area contributed by atoms with Crippen molar-refractivity contribution in [2.24, 2.45) is 0 Å². The van der Waals surface area contributed by atoms with Crippen LogP contribution in [0.15, 0.2) is 30.0 Å². The number of fused-ring (bicyclic) bond motifs is 1. The smallest absolute Gasteiger partial charge is 0.411 e. The molecule has 0 aromatic heterocycles. The molecule has 0 spiro atoms.